The van der Waals surface area contributed by atoms with E-state index in [1.54, 1.807) is 12.1 Å². The van der Waals surface area contributed by atoms with Gasteiger partial charge in [0.2, 0.25) is 0 Å². The highest BCUT2D eigenvalue weighted by Crippen LogP contribution is 2.11. The van der Waals surface area contributed by atoms with Crippen LogP contribution in [0.2, 0.25) is 0 Å². The zero-order valence-corrected chi connectivity index (χ0v) is 15.0. The number of phenols is 1. The number of esters is 1. The van der Waals surface area contributed by atoms with Crippen LogP contribution in [0.4, 0.5) is 0 Å². The molecule has 1 aromatic carbocycles. The van der Waals surface area contributed by atoms with Crippen molar-refractivity contribution in [2.75, 3.05) is 6.61 Å². The van der Waals surface area contributed by atoms with E-state index in [-0.39, 0.29) is 11.7 Å². The van der Waals surface area contributed by atoms with E-state index in [2.05, 4.69) is 19.1 Å². The first-order valence-electron chi connectivity index (χ1n) is 9.35. The predicted molar refractivity (Wildman–Crippen MR) is 99.4 cm³/mol. The average Bonchev–Trinajstić information content (AvgIpc) is 2.59. The minimum atomic E-state index is -0.341. The van der Waals surface area contributed by atoms with Crippen molar-refractivity contribution in [2.24, 2.45) is 0 Å². The van der Waals surface area contributed by atoms with Crippen molar-refractivity contribution in [3.05, 3.63) is 42.0 Å². The van der Waals surface area contributed by atoms with Crippen LogP contribution in [-0.2, 0) is 4.74 Å². The third-order valence-electron chi connectivity index (χ3n) is 4.01. The van der Waals surface area contributed by atoms with Gasteiger partial charge in [-0.1, -0.05) is 64.0 Å². The molecule has 0 aromatic heterocycles. The van der Waals surface area contributed by atoms with E-state index >= 15 is 0 Å². The van der Waals surface area contributed by atoms with Gasteiger partial charge in [0.1, 0.15) is 5.75 Å². The number of phenolic OH excluding ortho intramolecular Hbond substituents is 1. The largest absolute Gasteiger partial charge is 0.508 e. The zero-order chi connectivity index (χ0) is 17.5. The summed E-state index contributed by atoms with van der Waals surface area (Å²) in [6.45, 7) is 2.65. The summed E-state index contributed by atoms with van der Waals surface area (Å²) < 4.78 is 5.19. The van der Waals surface area contributed by atoms with Gasteiger partial charge in [-0.25, -0.2) is 4.79 Å². The number of carbonyl (C=O) groups excluding carboxylic acids is 1. The van der Waals surface area contributed by atoms with E-state index in [1.807, 2.05) is 0 Å². The summed E-state index contributed by atoms with van der Waals surface area (Å²) in [6, 6.07) is 6.10. The molecular weight excluding hydrogens is 300 g/mol. The number of unbranched alkanes of at least 4 members (excludes halogenated alkanes) is 8. The molecule has 0 amide bonds. The fourth-order valence-electron chi connectivity index (χ4n) is 2.53. The van der Waals surface area contributed by atoms with Gasteiger partial charge in [0, 0.05) is 0 Å². The van der Waals surface area contributed by atoms with Gasteiger partial charge < -0.3 is 9.84 Å². The maximum atomic E-state index is 11.7. The Morgan fingerprint density at radius 1 is 0.917 bits per heavy atom. The predicted octanol–water partition coefficient (Wildman–Crippen LogP) is 6.03. The third-order valence-corrected chi connectivity index (χ3v) is 4.01. The number of carbonyl (C=O) groups is 1. The van der Waals surface area contributed by atoms with E-state index in [0.29, 0.717) is 12.2 Å². The van der Waals surface area contributed by atoms with Gasteiger partial charge in [-0.3, -0.25) is 0 Å². The Hall–Kier alpha value is -1.77. The van der Waals surface area contributed by atoms with Crippen molar-refractivity contribution < 1.29 is 14.6 Å². The number of ether oxygens (including phenoxy) is 1. The van der Waals surface area contributed by atoms with Crippen LogP contribution < -0.4 is 0 Å². The average molecular weight is 332 g/mol. The SMILES string of the molecule is CCCCCCCCCC/C=C/CCOC(=O)c1ccc(O)cc1. The Morgan fingerprint density at radius 3 is 2.17 bits per heavy atom. The smallest absolute Gasteiger partial charge is 0.338 e. The molecule has 0 bridgehead atoms. The molecule has 0 saturated carbocycles. The standard InChI is InChI=1S/C21H32O3/c1-2-3-4-5-6-7-8-9-10-11-12-13-18-24-21(23)19-14-16-20(22)17-15-19/h11-12,14-17,22H,2-10,13,18H2,1H3/b12-11+. The second kappa shape index (κ2) is 13.6. The molecular formula is C21H32O3. The minimum Gasteiger partial charge on any atom is -0.508 e. The molecule has 0 aliphatic heterocycles. The fraction of sp³-hybridized carbons (Fsp3) is 0.571. The van der Waals surface area contributed by atoms with Crippen LogP contribution in [0, 0.1) is 0 Å². The summed E-state index contributed by atoms with van der Waals surface area (Å²) in [7, 11) is 0. The Bertz CT molecular complexity index is 462. The monoisotopic (exact) mass is 332 g/mol. The molecule has 1 rings (SSSR count). The quantitative estimate of drug-likeness (QED) is 0.273. The van der Waals surface area contributed by atoms with Gasteiger partial charge in [0.15, 0.2) is 0 Å². The summed E-state index contributed by atoms with van der Waals surface area (Å²) in [4.78, 5) is 11.7. The molecule has 3 nitrogen and oxygen atoms in total. The molecule has 0 fully saturated rings. The summed E-state index contributed by atoms with van der Waals surface area (Å²) >= 11 is 0. The number of rotatable bonds is 13. The van der Waals surface area contributed by atoms with Crippen molar-refractivity contribution in [3.63, 3.8) is 0 Å². The molecule has 134 valence electrons. The van der Waals surface area contributed by atoms with Crippen molar-refractivity contribution in [3.8, 4) is 5.75 Å². The van der Waals surface area contributed by atoms with Crippen molar-refractivity contribution in [2.45, 2.75) is 71.1 Å². The summed E-state index contributed by atoms with van der Waals surface area (Å²) in [6.07, 6.45) is 16.9. The molecule has 3 heteroatoms. The van der Waals surface area contributed by atoms with Crippen LogP contribution >= 0.6 is 0 Å². The molecule has 24 heavy (non-hydrogen) atoms. The van der Waals surface area contributed by atoms with Crippen LogP contribution in [0.25, 0.3) is 0 Å². The van der Waals surface area contributed by atoms with E-state index < -0.39 is 0 Å². The molecule has 0 spiro atoms. The topological polar surface area (TPSA) is 46.5 Å². The lowest BCUT2D eigenvalue weighted by Gasteiger charge is -2.03. The molecule has 0 saturated heterocycles. The lowest BCUT2D eigenvalue weighted by molar-refractivity contribution is 0.0511. The van der Waals surface area contributed by atoms with Crippen LogP contribution in [0.1, 0.15) is 81.5 Å². The Morgan fingerprint density at radius 2 is 1.50 bits per heavy atom. The summed E-state index contributed by atoms with van der Waals surface area (Å²) in [5, 5.41) is 9.18. The lowest BCUT2D eigenvalue weighted by atomic mass is 10.1. The first-order valence-corrected chi connectivity index (χ1v) is 9.35. The summed E-state index contributed by atoms with van der Waals surface area (Å²) in [5.74, 6) is -0.193. The molecule has 0 aliphatic carbocycles. The van der Waals surface area contributed by atoms with E-state index in [0.717, 1.165) is 12.8 Å². The molecule has 0 heterocycles. The van der Waals surface area contributed by atoms with Gasteiger partial charge in [-0.05, 0) is 43.5 Å². The number of aromatic hydroxyl groups is 1. The second-order valence-corrected chi connectivity index (χ2v) is 6.21. The lowest BCUT2D eigenvalue weighted by Crippen LogP contribution is -2.05. The number of hydrogen-bond acceptors (Lipinski definition) is 3. The first kappa shape index (κ1) is 20.3. The molecule has 0 atom stereocenters. The Balaban J connectivity index is 1.94. The van der Waals surface area contributed by atoms with E-state index in [1.165, 1.54) is 63.5 Å². The van der Waals surface area contributed by atoms with Gasteiger partial charge >= 0.3 is 5.97 Å². The van der Waals surface area contributed by atoms with Gasteiger partial charge in [-0.2, -0.15) is 0 Å². The number of allylic oxidation sites excluding steroid dienone is 1. The maximum Gasteiger partial charge on any atom is 0.338 e. The van der Waals surface area contributed by atoms with E-state index in [9.17, 15) is 9.90 Å². The maximum absolute atomic E-state index is 11.7. The van der Waals surface area contributed by atoms with Crippen LogP contribution in [0.15, 0.2) is 36.4 Å². The number of hydrogen-bond donors (Lipinski definition) is 1. The van der Waals surface area contributed by atoms with Gasteiger partial charge in [-0.15, -0.1) is 0 Å². The highest BCUT2D eigenvalue weighted by molar-refractivity contribution is 5.89. The molecule has 1 N–H and O–H groups in total. The van der Waals surface area contributed by atoms with Crippen LogP contribution in [0.5, 0.6) is 5.75 Å². The van der Waals surface area contributed by atoms with Crippen molar-refractivity contribution in [1.82, 2.24) is 0 Å². The van der Waals surface area contributed by atoms with E-state index in [4.69, 9.17) is 4.74 Å². The Kier molecular flexibility index (Phi) is 11.5. The Labute approximate surface area is 146 Å². The van der Waals surface area contributed by atoms with Crippen LogP contribution in [-0.4, -0.2) is 17.7 Å². The van der Waals surface area contributed by atoms with Crippen molar-refractivity contribution >= 4 is 5.97 Å². The molecule has 0 aliphatic rings. The molecule has 1 aromatic rings. The van der Waals surface area contributed by atoms with Gasteiger partial charge in [0.05, 0.1) is 12.2 Å². The molecule has 0 unspecified atom stereocenters. The molecule has 0 radical (unpaired) electrons. The zero-order valence-electron chi connectivity index (χ0n) is 15.0. The van der Waals surface area contributed by atoms with Gasteiger partial charge in [0.25, 0.3) is 0 Å². The third kappa shape index (κ3) is 10.1. The highest BCUT2D eigenvalue weighted by atomic mass is 16.5. The summed E-state index contributed by atoms with van der Waals surface area (Å²) in [5.41, 5.74) is 0.468. The van der Waals surface area contributed by atoms with Crippen LogP contribution in [0.3, 0.4) is 0 Å². The second-order valence-electron chi connectivity index (χ2n) is 6.21. The minimum absolute atomic E-state index is 0.149. The highest BCUT2D eigenvalue weighted by Gasteiger charge is 2.05. The first-order chi connectivity index (χ1) is 11.7. The fourth-order valence-corrected chi connectivity index (χ4v) is 2.53. The van der Waals surface area contributed by atoms with Crippen molar-refractivity contribution in [1.29, 1.82) is 0 Å². The normalized spacial score (nSPS) is 11.0. The number of benzene rings is 1.